The van der Waals surface area contributed by atoms with Gasteiger partial charge in [-0.25, -0.2) is 0 Å². The molecule has 1 unspecified atom stereocenters. The highest BCUT2D eigenvalue weighted by Gasteiger charge is 2.45. The van der Waals surface area contributed by atoms with E-state index in [-0.39, 0.29) is 11.9 Å². The molecule has 2 aliphatic carbocycles. The number of nitrogens with one attached hydrogen (secondary N) is 1. The summed E-state index contributed by atoms with van der Waals surface area (Å²) in [6.45, 7) is 3.59. The van der Waals surface area contributed by atoms with E-state index in [4.69, 9.17) is 9.15 Å². The molecule has 1 aromatic carbocycles. The zero-order chi connectivity index (χ0) is 20.3. The van der Waals surface area contributed by atoms with Crippen LogP contribution >= 0.6 is 0 Å². The van der Waals surface area contributed by atoms with Gasteiger partial charge in [0.25, 0.3) is 0 Å². The third-order valence-corrected chi connectivity index (χ3v) is 6.33. The number of anilines is 1. The number of rotatable bonds is 5. The van der Waals surface area contributed by atoms with E-state index in [2.05, 4.69) is 27.6 Å². The Morgan fingerprint density at radius 3 is 2.41 bits per heavy atom. The summed E-state index contributed by atoms with van der Waals surface area (Å²) >= 11 is 0. The molecule has 1 N–H and O–H groups in total. The molecule has 5 rings (SSSR count). The first-order chi connectivity index (χ1) is 14.1. The SMILES string of the molecule is CC(Nc1nnco1)C(=O)N1CCC2(CC1)CC2.COc1ccc(C2CC2)cc1. The summed E-state index contributed by atoms with van der Waals surface area (Å²) in [5.41, 5.74) is 2.06. The van der Waals surface area contributed by atoms with Gasteiger partial charge in [0.05, 0.1) is 7.11 Å². The van der Waals surface area contributed by atoms with Gasteiger partial charge in [0.2, 0.25) is 12.3 Å². The van der Waals surface area contributed by atoms with Crippen LogP contribution < -0.4 is 10.1 Å². The van der Waals surface area contributed by atoms with Crippen LogP contribution in [0.15, 0.2) is 35.1 Å². The Morgan fingerprint density at radius 1 is 1.21 bits per heavy atom. The van der Waals surface area contributed by atoms with E-state index in [9.17, 15) is 4.79 Å². The first-order valence-corrected chi connectivity index (χ1v) is 10.5. The van der Waals surface area contributed by atoms with Gasteiger partial charge in [-0.2, -0.15) is 0 Å². The van der Waals surface area contributed by atoms with Gasteiger partial charge in [0, 0.05) is 13.1 Å². The molecule has 1 aliphatic heterocycles. The topological polar surface area (TPSA) is 80.5 Å². The summed E-state index contributed by atoms with van der Waals surface area (Å²) in [5.74, 6) is 1.92. The number of benzene rings is 1. The van der Waals surface area contributed by atoms with E-state index in [1.807, 2.05) is 24.0 Å². The van der Waals surface area contributed by atoms with Crippen LogP contribution in [0.4, 0.5) is 6.01 Å². The summed E-state index contributed by atoms with van der Waals surface area (Å²) in [7, 11) is 1.70. The van der Waals surface area contributed by atoms with Crippen molar-refractivity contribution in [3.63, 3.8) is 0 Å². The quantitative estimate of drug-likeness (QED) is 0.824. The fourth-order valence-electron chi connectivity index (χ4n) is 3.93. The van der Waals surface area contributed by atoms with Crippen molar-refractivity contribution in [2.75, 3.05) is 25.5 Å². The minimum Gasteiger partial charge on any atom is -0.497 e. The number of ether oxygens (including phenoxy) is 1. The summed E-state index contributed by atoms with van der Waals surface area (Å²) < 4.78 is 10.0. The number of amides is 1. The highest BCUT2D eigenvalue weighted by Crippen LogP contribution is 2.53. The van der Waals surface area contributed by atoms with Crippen molar-refractivity contribution in [1.29, 1.82) is 0 Å². The minimum atomic E-state index is -0.321. The molecule has 3 fully saturated rings. The monoisotopic (exact) mass is 398 g/mol. The zero-order valence-electron chi connectivity index (χ0n) is 17.3. The second-order valence-corrected chi connectivity index (χ2v) is 8.48. The number of likely N-dealkylation sites (tertiary alicyclic amines) is 1. The van der Waals surface area contributed by atoms with Gasteiger partial charge in [-0.15, -0.1) is 5.10 Å². The van der Waals surface area contributed by atoms with Gasteiger partial charge in [-0.1, -0.05) is 17.2 Å². The Morgan fingerprint density at radius 2 is 1.90 bits per heavy atom. The number of aromatic nitrogens is 2. The van der Waals surface area contributed by atoms with Crippen LogP contribution in [-0.2, 0) is 4.79 Å². The average molecular weight is 399 g/mol. The maximum absolute atomic E-state index is 12.2. The fourth-order valence-corrected chi connectivity index (χ4v) is 3.93. The molecule has 156 valence electrons. The maximum atomic E-state index is 12.2. The number of methoxy groups -OCH3 is 1. The molecular formula is C22H30N4O3. The van der Waals surface area contributed by atoms with Crippen molar-refractivity contribution in [1.82, 2.24) is 15.1 Å². The Hall–Kier alpha value is -2.57. The average Bonchev–Trinajstić information content (AvgIpc) is 3.69. The maximum Gasteiger partial charge on any atom is 0.315 e. The first-order valence-electron chi connectivity index (χ1n) is 10.5. The molecule has 0 radical (unpaired) electrons. The molecular weight excluding hydrogens is 368 g/mol. The fraction of sp³-hybridized carbons (Fsp3) is 0.591. The van der Waals surface area contributed by atoms with E-state index in [0.29, 0.717) is 11.4 Å². The number of nitrogens with zero attached hydrogens (tertiary/aromatic N) is 3. The molecule has 1 spiro atoms. The van der Waals surface area contributed by atoms with Gasteiger partial charge >= 0.3 is 6.01 Å². The Kier molecular flexibility index (Phi) is 5.74. The lowest BCUT2D eigenvalue weighted by Gasteiger charge is -2.33. The second kappa shape index (κ2) is 8.43. The molecule has 7 nitrogen and oxygen atoms in total. The number of carbonyl (C=O) groups is 1. The van der Waals surface area contributed by atoms with E-state index < -0.39 is 0 Å². The van der Waals surface area contributed by atoms with Crippen LogP contribution in [-0.4, -0.2) is 47.2 Å². The standard InChI is InChI=1S/C12H18N4O2.C10H12O/c1-9(14-11-15-13-8-18-11)10(17)16-6-4-12(2-3-12)5-7-16;1-11-10-6-4-9(5-7-10)8-2-3-8/h8-9H,2-7H2,1H3,(H,14,15);4-8H,2-3H2,1H3. The van der Waals surface area contributed by atoms with Crippen LogP contribution in [0.25, 0.3) is 0 Å². The minimum absolute atomic E-state index is 0.115. The van der Waals surface area contributed by atoms with E-state index in [1.54, 1.807) is 7.11 Å². The van der Waals surface area contributed by atoms with Gasteiger partial charge < -0.3 is 19.4 Å². The molecule has 3 aliphatic rings. The van der Waals surface area contributed by atoms with Gasteiger partial charge in [0.1, 0.15) is 11.8 Å². The Balaban J connectivity index is 0.000000159. The van der Waals surface area contributed by atoms with Gasteiger partial charge in [-0.05, 0) is 74.5 Å². The molecule has 1 amide bonds. The predicted molar refractivity (Wildman–Crippen MR) is 110 cm³/mol. The molecule has 2 aromatic rings. The van der Waals surface area contributed by atoms with Crippen molar-refractivity contribution in [3.8, 4) is 5.75 Å². The summed E-state index contributed by atoms with van der Waals surface area (Å²) in [5, 5.41) is 10.2. The first kappa shape index (κ1) is 19.7. The summed E-state index contributed by atoms with van der Waals surface area (Å²) in [4.78, 5) is 14.2. The van der Waals surface area contributed by atoms with Crippen LogP contribution in [0.2, 0.25) is 0 Å². The number of carbonyl (C=O) groups excluding carboxylic acids is 1. The van der Waals surface area contributed by atoms with Crippen LogP contribution in [0, 0.1) is 5.41 Å². The number of hydrogen-bond acceptors (Lipinski definition) is 6. The van der Waals surface area contributed by atoms with Gasteiger partial charge in [-0.3, -0.25) is 4.79 Å². The zero-order valence-corrected chi connectivity index (χ0v) is 17.3. The smallest absolute Gasteiger partial charge is 0.315 e. The third-order valence-electron chi connectivity index (χ3n) is 6.33. The Bertz CT molecular complexity index is 788. The molecule has 29 heavy (non-hydrogen) atoms. The largest absolute Gasteiger partial charge is 0.497 e. The molecule has 1 aromatic heterocycles. The molecule has 0 bridgehead atoms. The van der Waals surface area contributed by atoms with Crippen LogP contribution in [0.3, 0.4) is 0 Å². The number of hydrogen-bond donors (Lipinski definition) is 1. The lowest BCUT2D eigenvalue weighted by molar-refractivity contribution is -0.133. The van der Waals surface area contributed by atoms with Gasteiger partial charge in [0.15, 0.2) is 0 Å². The van der Waals surface area contributed by atoms with Crippen molar-refractivity contribution in [2.24, 2.45) is 5.41 Å². The Labute approximate surface area is 171 Å². The molecule has 2 heterocycles. The summed E-state index contributed by atoms with van der Waals surface area (Å²) in [6, 6.07) is 8.37. The van der Waals surface area contributed by atoms with Crippen molar-refractivity contribution in [3.05, 3.63) is 36.2 Å². The number of piperidine rings is 1. The molecule has 2 saturated carbocycles. The molecule has 1 atom stereocenters. The lowest BCUT2D eigenvalue weighted by atomic mass is 9.93. The van der Waals surface area contributed by atoms with E-state index in [1.165, 1.54) is 37.6 Å². The predicted octanol–water partition coefficient (Wildman–Crippen LogP) is 3.85. The summed E-state index contributed by atoms with van der Waals surface area (Å²) in [6.07, 6.45) is 9.00. The highest BCUT2D eigenvalue weighted by atomic mass is 16.5. The van der Waals surface area contributed by atoms with E-state index in [0.717, 1.165) is 37.6 Å². The van der Waals surface area contributed by atoms with Crippen molar-refractivity contribution >= 4 is 11.9 Å². The van der Waals surface area contributed by atoms with Crippen LogP contribution in [0.1, 0.15) is 56.9 Å². The third kappa shape index (κ3) is 5.08. The molecule has 1 saturated heterocycles. The second-order valence-electron chi connectivity index (χ2n) is 8.48. The van der Waals surface area contributed by atoms with Crippen molar-refractivity contribution in [2.45, 2.75) is 57.4 Å². The molecule has 7 heteroatoms. The van der Waals surface area contributed by atoms with Crippen LogP contribution in [0.5, 0.6) is 5.75 Å². The highest BCUT2D eigenvalue weighted by molar-refractivity contribution is 5.83. The van der Waals surface area contributed by atoms with Crippen molar-refractivity contribution < 1.29 is 13.9 Å². The normalized spacial score (nSPS) is 20.4. The van der Waals surface area contributed by atoms with E-state index >= 15 is 0 Å². The lowest BCUT2D eigenvalue weighted by Crippen LogP contribution is -2.45.